The van der Waals surface area contributed by atoms with Crippen LogP contribution in [0, 0.1) is 0 Å². The SMILES string of the molecule is CCN1CCC[C@@H]1[C@H]1CCCN1C(=O)Cc1cccc(OC)c1. The van der Waals surface area contributed by atoms with E-state index in [-0.39, 0.29) is 5.91 Å². The number of amides is 1. The number of methoxy groups -OCH3 is 1. The molecular formula is C19H28N2O2. The third-order valence-corrected chi connectivity index (χ3v) is 5.37. The number of likely N-dealkylation sites (N-methyl/N-ethyl adjacent to an activating group) is 1. The van der Waals surface area contributed by atoms with E-state index >= 15 is 0 Å². The average Bonchev–Trinajstić information content (AvgIpc) is 3.23. The Balaban J connectivity index is 1.68. The summed E-state index contributed by atoms with van der Waals surface area (Å²) in [5, 5.41) is 0. The summed E-state index contributed by atoms with van der Waals surface area (Å²) in [5.41, 5.74) is 1.04. The molecule has 3 rings (SSSR count). The Morgan fingerprint density at radius 3 is 2.78 bits per heavy atom. The van der Waals surface area contributed by atoms with E-state index < -0.39 is 0 Å². The molecule has 1 aromatic rings. The highest BCUT2D eigenvalue weighted by Crippen LogP contribution is 2.30. The van der Waals surface area contributed by atoms with Gasteiger partial charge in [0, 0.05) is 18.6 Å². The summed E-state index contributed by atoms with van der Waals surface area (Å²) in [4.78, 5) is 17.6. The lowest BCUT2D eigenvalue weighted by Gasteiger charge is -2.34. The maximum absolute atomic E-state index is 12.8. The number of hydrogen-bond acceptors (Lipinski definition) is 3. The lowest BCUT2D eigenvalue weighted by molar-refractivity contribution is -0.132. The number of benzene rings is 1. The standard InChI is InChI=1S/C19H28N2O2/c1-3-20-11-5-9-17(20)18-10-6-12-21(18)19(22)14-15-7-4-8-16(13-15)23-2/h4,7-8,13,17-18H,3,5-6,9-12,14H2,1-2H3/t17-,18-/m1/s1. The predicted octanol–water partition coefficient (Wildman–Crippen LogP) is 2.71. The molecule has 2 aliphatic rings. The van der Waals surface area contributed by atoms with Gasteiger partial charge in [-0.3, -0.25) is 9.69 Å². The second-order valence-electron chi connectivity index (χ2n) is 6.66. The highest BCUT2D eigenvalue weighted by molar-refractivity contribution is 5.79. The molecule has 2 heterocycles. The quantitative estimate of drug-likeness (QED) is 0.837. The molecule has 0 aliphatic carbocycles. The van der Waals surface area contributed by atoms with Gasteiger partial charge < -0.3 is 9.64 Å². The van der Waals surface area contributed by atoms with Crippen molar-refractivity contribution in [3.8, 4) is 5.75 Å². The molecule has 0 saturated carbocycles. The minimum Gasteiger partial charge on any atom is -0.497 e. The van der Waals surface area contributed by atoms with Crippen LogP contribution in [0.25, 0.3) is 0 Å². The molecule has 0 N–H and O–H groups in total. The molecule has 0 radical (unpaired) electrons. The van der Waals surface area contributed by atoms with Crippen LogP contribution in [-0.2, 0) is 11.2 Å². The molecule has 2 fully saturated rings. The van der Waals surface area contributed by atoms with Gasteiger partial charge in [0.2, 0.25) is 5.91 Å². The summed E-state index contributed by atoms with van der Waals surface area (Å²) in [6.45, 7) is 5.44. The molecule has 0 spiro atoms. The monoisotopic (exact) mass is 316 g/mol. The fourth-order valence-electron chi connectivity index (χ4n) is 4.24. The maximum atomic E-state index is 12.8. The molecule has 4 heteroatoms. The summed E-state index contributed by atoms with van der Waals surface area (Å²) in [7, 11) is 1.66. The minimum atomic E-state index is 0.267. The number of nitrogens with zero attached hydrogens (tertiary/aromatic N) is 2. The van der Waals surface area contributed by atoms with Crippen molar-refractivity contribution in [1.29, 1.82) is 0 Å². The van der Waals surface area contributed by atoms with E-state index in [2.05, 4.69) is 16.7 Å². The van der Waals surface area contributed by atoms with E-state index in [0.717, 1.165) is 37.2 Å². The Hall–Kier alpha value is -1.55. The van der Waals surface area contributed by atoms with E-state index in [4.69, 9.17) is 4.74 Å². The molecule has 4 nitrogen and oxygen atoms in total. The minimum absolute atomic E-state index is 0.267. The zero-order valence-corrected chi connectivity index (χ0v) is 14.3. The van der Waals surface area contributed by atoms with Crippen LogP contribution in [0.15, 0.2) is 24.3 Å². The Morgan fingerprint density at radius 1 is 1.22 bits per heavy atom. The van der Waals surface area contributed by atoms with Crippen LogP contribution in [0.3, 0.4) is 0 Å². The molecule has 2 saturated heterocycles. The zero-order valence-electron chi connectivity index (χ0n) is 14.3. The number of ether oxygens (including phenoxy) is 1. The molecule has 1 aromatic carbocycles. The first kappa shape index (κ1) is 16.3. The second-order valence-corrected chi connectivity index (χ2v) is 6.66. The van der Waals surface area contributed by atoms with Gasteiger partial charge >= 0.3 is 0 Å². The first-order valence-electron chi connectivity index (χ1n) is 8.89. The summed E-state index contributed by atoms with van der Waals surface area (Å²) < 4.78 is 5.26. The highest BCUT2D eigenvalue weighted by Gasteiger charge is 2.38. The van der Waals surface area contributed by atoms with Crippen molar-refractivity contribution in [2.24, 2.45) is 0 Å². The third-order valence-electron chi connectivity index (χ3n) is 5.37. The normalized spacial score (nSPS) is 25.0. The van der Waals surface area contributed by atoms with Crippen LogP contribution in [0.2, 0.25) is 0 Å². The van der Waals surface area contributed by atoms with Crippen molar-refractivity contribution in [1.82, 2.24) is 9.80 Å². The summed E-state index contributed by atoms with van der Waals surface area (Å²) in [6.07, 6.45) is 5.29. The molecule has 23 heavy (non-hydrogen) atoms. The summed E-state index contributed by atoms with van der Waals surface area (Å²) >= 11 is 0. The molecule has 0 aromatic heterocycles. The molecule has 0 bridgehead atoms. The van der Waals surface area contributed by atoms with E-state index in [0.29, 0.717) is 18.5 Å². The van der Waals surface area contributed by atoms with Crippen LogP contribution in [0.1, 0.15) is 38.2 Å². The van der Waals surface area contributed by atoms with Gasteiger partial charge in [-0.2, -0.15) is 0 Å². The van der Waals surface area contributed by atoms with Gasteiger partial charge in [0.05, 0.1) is 13.5 Å². The van der Waals surface area contributed by atoms with Crippen molar-refractivity contribution in [3.63, 3.8) is 0 Å². The first-order valence-corrected chi connectivity index (χ1v) is 8.89. The lowest BCUT2D eigenvalue weighted by Crippen LogP contribution is -2.48. The van der Waals surface area contributed by atoms with Crippen LogP contribution < -0.4 is 4.74 Å². The Bertz CT molecular complexity index is 546. The molecule has 2 aliphatic heterocycles. The number of hydrogen-bond donors (Lipinski definition) is 0. The van der Waals surface area contributed by atoms with Crippen LogP contribution in [0.5, 0.6) is 5.75 Å². The molecule has 0 unspecified atom stereocenters. The van der Waals surface area contributed by atoms with Gasteiger partial charge in [-0.1, -0.05) is 19.1 Å². The van der Waals surface area contributed by atoms with E-state index in [1.54, 1.807) is 7.11 Å². The molecule has 1 amide bonds. The van der Waals surface area contributed by atoms with Gasteiger partial charge in [-0.05, 0) is 56.5 Å². The number of likely N-dealkylation sites (tertiary alicyclic amines) is 2. The van der Waals surface area contributed by atoms with Crippen molar-refractivity contribution >= 4 is 5.91 Å². The maximum Gasteiger partial charge on any atom is 0.227 e. The zero-order chi connectivity index (χ0) is 16.2. The smallest absolute Gasteiger partial charge is 0.227 e. The molecule has 126 valence electrons. The Morgan fingerprint density at radius 2 is 2.00 bits per heavy atom. The van der Waals surface area contributed by atoms with E-state index in [1.165, 1.54) is 19.4 Å². The molecule has 2 atom stereocenters. The van der Waals surface area contributed by atoms with Gasteiger partial charge in [-0.15, -0.1) is 0 Å². The van der Waals surface area contributed by atoms with Crippen molar-refractivity contribution in [2.45, 2.75) is 51.1 Å². The fourth-order valence-corrected chi connectivity index (χ4v) is 4.24. The van der Waals surface area contributed by atoms with Crippen molar-refractivity contribution in [2.75, 3.05) is 26.7 Å². The number of rotatable bonds is 5. The second kappa shape index (κ2) is 7.35. The van der Waals surface area contributed by atoms with Crippen LogP contribution >= 0.6 is 0 Å². The number of carbonyl (C=O) groups excluding carboxylic acids is 1. The van der Waals surface area contributed by atoms with Gasteiger partial charge in [0.1, 0.15) is 5.75 Å². The fraction of sp³-hybridized carbons (Fsp3) is 0.632. The van der Waals surface area contributed by atoms with Gasteiger partial charge in [0.25, 0.3) is 0 Å². The van der Waals surface area contributed by atoms with Crippen molar-refractivity contribution < 1.29 is 9.53 Å². The van der Waals surface area contributed by atoms with E-state index in [9.17, 15) is 4.79 Å². The average molecular weight is 316 g/mol. The number of carbonyl (C=O) groups is 1. The largest absolute Gasteiger partial charge is 0.497 e. The lowest BCUT2D eigenvalue weighted by atomic mass is 10.0. The summed E-state index contributed by atoms with van der Waals surface area (Å²) in [6, 6.07) is 8.84. The Kier molecular flexibility index (Phi) is 5.21. The predicted molar refractivity (Wildman–Crippen MR) is 91.7 cm³/mol. The van der Waals surface area contributed by atoms with E-state index in [1.807, 2.05) is 24.3 Å². The van der Waals surface area contributed by atoms with Gasteiger partial charge in [0.15, 0.2) is 0 Å². The highest BCUT2D eigenvalue weighted by atomic mass is 16.5. The first-order chi connectivity index (χ1) is 11.2. The molecular weight excluding hydrogens is 288 g/mol. The topological polar surface area (TPSA) is 32.8 Å². The van der Waals surface area contributed by atoms with Crippen molar-refractivity contribution in [3.05, 3.63) is 29.8 Å². The Labute approximate surface area is 139 Å². The summed E-state index contributed by atoms with van der Waals surface area (Å²) in [5.74, 6) is 1.09. The van der Waals surface area contributed by atoms with Crippen LogP contribution in [0.4, 0.5) is 0 Å². The third kappa shape index (κ3) is 3.52. The van der Waals surface area contributed by atoms with Crippen LogP contribution in [-0.4, -0.2) is 54.5 Å². The van der Waals surface area contributed by atoms with Gasteiger partial charge in [-0.25, -0.2) is 0 Å².